The van der Waals surface area contributed by atoms with Crippen molar-refractivity contribution < 1.29 is 18.8 Å². The molecule has 2 aromatic heterocycles. The van der Waals surface area contributed by atoms with Crippen molar-refractivity contribution in [2.24, 2.45) is 5.92 Å². The van der Waals surface area contributed by atoms with Crippen LogP contribution >= 0.6 is 0 Å². The van der Waals surface area contributed by atoms with Crippen LogP contribution in [-0.4, -0.2) is 58.4 Å². The third kappa shape index (κ3) is 4.64. The highest BCUT2D eigenvalue weighted by molar-refractivity contribution is 5.92. The molecule has 0 aliphatic carbocycles. The van der Waals surface area contributed by atoms with Gasteiger partial charge in [-0.05, 0) is 26.0 Å². The van der Waals surface area contributed by atoms with E-state index < -0.39 is 0 Å². The zero-order chi connectivity index (χ0) is 19.4. The van der Waals surface area contributed by atoms with E-state index in [9.17, 15) is 9.59 Å². The standard InChI is InChI=1S/C19H24N4O4/c1-4-23-11-14(7-18(23)24)10-22(3)19(25)17-8-16(27-21-17)12-26-15-6-5-13(2)20-9-15/h5-6,8-9,14H,4,7,10-12H2,1-3H3/t14-/m0/s1. The third-order valence-corrected chi connectivity index (χ3v) is 4.60. The second-order valence-corrected chi connectivity index (χ2v) is 6.79. The van der Waals surface area contributed by atoms with Crippen molar-refractivity contribution in [2.75, 3.05) is 26.7 Å². The van der Waals surface area contributed by atoms with E-state index in [-0.39, 0.29) is 30.0 Å². The molecule has 0 N–H and O–H groups in total. The summed E-state index contributed by atoms with van der Waals surface area (Å²) in [5.41, 5.74) is 1.14. The fourth-order valence-electron chi connectivity index (χ4n) is 3.12. The van der Waals surface area contributed by atoms with E-state index in [2.05, 4.69) is 10.1 Å². The summed E-state index contributed by atoms with van der Waals surface area (Å²) in [5, 5.41) is 3.85. The zero-order valence-corrected chi connectivity index (χ0v) is 15.8. The van der Waals surface area contributed by atoms with Gasteiger partial charge in [-0.15, -0.1) is 0 Å². The predicted molar refractivity (Wildman–Crippen MR) is 97.1 cm³/mol. The normalized spacial score (nSPS) is 16.6. The number of aryl methyl sites for hydroxylation is 1. The Balaban J connectivity index is 1.53. The molecule has 0 spiro atoms. The summed E-state index contributed by atoms with van der Waals surface area (Å²) in [5.74, 6) is 1.14. The van der Waals surface area contributed by atoms with Gasteiger partial charge in [0.05, 0.1) is 6.20 Å². The molecule has 27 heavy (non-hydrogen) atoms. The average molecular weight is 372 g/mol. The monoisotopic (exact) mass is 372 g/mol. The van der Waals surface area contributed by atoms with Crippen LogP contribution in [-0.2, 0) is 11.4 Å². The Morgan fingerprint density at radius 1 is 1.44 bits per heavy atom. The Morgan fingerprint density at radius 3 is 2.93 bits per heavy atom. The summed E-state index contributed by atoms with van der Waals surface area (Å²) < 4.78 is 10.8. The van der Waals surface area contributed by atoms with Crippen LogP contribution < -0.4 is 4.74 Å². The minimum atomic E-state index is -0.232. The second-order valence-electron chi connectivity index (χ2n) is 6.79. The van der Waals surface area contributed by atoms with Crippen LogP contribution in [0.5, 0.6) is 5.75 Å². The first-order valence-electron chi connectivity index (χ1n) is 9.00. The lowest BCUT2D eigenvalue weighted by Crippen LogP contribution is -2.33. The van der Waals surface area contributed by atoms with E-state index in [1.165, 1.54) is 0 Å². The Kier molecular flexibility index (Phi) is 5.73. The van der Waals surface area contributed by atoms with Crippen molar-refractivity contribution in [1.29, 1.82) is 0 Å². The number of likely N-dealkylation sites (tertiary alicyclic amines) is 1. The lowest BCUT2D eigenvalue weighted by Gasteiger charge is -2.20. The van der Waals surface area contributed by atoms with Gasteiger partial charge in [0.15, 0.2) is 11.5 Å². The minimum Gasteiger partial charge on any atom is -0.484 e. The largest absolute Gasteiger partial charge is 0.484 e. The van der Waals surface area contributed by atoms with Crippen LogP contribution in [0.25, 0.3) is 0 Å². The molecule has 0 unspecified atom stereocenters. The number of hydrogen-bond acceptors (Lipinski definition) is 6. The molecule has 144 valence electrons. The van der Waals surface area contributed by atoms with Gasteiger partial charge in [-0.25, -0.2) is 0 Å². The summed E-state index contributed by atoms with van der Waals surface area (Å²) in [4.78, 5) is 31.9. The number of rotatable bonds is 7. The Bertz CT molecular complexity index is 802. The molecule has 3 rings (SSSR count). The molecule has 0 aromatic carbocycles. The fraction of sp³-hybridized carbons (Fsp3) is 0.474. The molecule has 0 radical (unpaired) electrons. The summed E-state index contributed by atoms with van der Waals surface area (Å²) in [6, 6.07) is 5.26. The van der Waals surface area contributed by atoms with Crippen LogP contribution in [0.3, 0.4) is 0 Å². The number of ether oxygens (including phenoxy) is 1. The SMILES string of the molecule is CCN1C[C@H](CN(C)C(=O)c2cc(COc3ccc(C)nc3)on2)CC1=O. The molecule has 1 fully saturated rings. The molecule has 8 nitrogen and oxygen atoms in total. The molecule has 1 aliphatic heterocycles. The number of carbonyl (C=O) groups excluding carboxylic acids is 2. The Morgan fingerprint density at radius 2 is 2.26 bits per heavy atom. The van der Waals surface area contributed by atoms with E-state index in [1.807, 2.05) is 30.9 Å². The molecule has 2 aromatic rings. The summed E-state index contributed by atoms with van der Waals surface area (Å²) in [6.07, 6.45) is 2.11. The first-order chi connectivity index (χ1) is 13.0. The van der Waals surface area contributed by atoms with E-state index in [1.54, 1.807) is 24.2 Å². The van der Waals surface area contributed by atoms with Crippen molar-refractivity contribution in [3.63, 3.8) is 0 Å². The van der Waals surface area contributed by atoms with Gasteiger partial charge < -0.3 is 19.1 Å². The fourth-order valence-corrected chi connectivity index (χ4v) is 3.12. The topological polar surface area (TPSA) is 88.8 Å². The van der Waals surface area contributed by atoms with Gasteiger partial charge in [0.25, 0.3) is 5.91 Å². The van der Waals surface area contributed by atoms with Crippen molar-refractivity contribution in [2.45, 2.75) is 26.9 Å². The van der Waals surface area contributed by atoms with Gasteiger partial charge in [0.2, 0.25) is 5.91 Å². The van der Waals surface area contributed by atoms with Crippen LogP contribution in [0, 0.1) is 12.8 Å². The quantitative estimate of drug-likeness (QED) is 0.737. The minimum absolute atomic E-state index is 0.148. The molecule has 0 bridgehead atoms. The van der Waals surface area contributed by atoms with Gasteiger partial charge in [0, 0.05) is 50.8 Å². The highest BCUT2D eigenvalue weighted by Crippen LogP contribution is 2.19. The number of amides is 2. The molecule has 1 atom stereocenters. The summed E-state index contributed by atoms with van der Waals surface area (Å²) in [6.45, 7) is 5.92. The van der Waals surface area contributed by atoms with E-state index in [0.717, 1.165) is 5.69 Å². The number of nitrogens with zero attached hydrogens (tertiary/aromatic N) is 4. The summed E-state index contributed by atoms with van der Waals surface area (Å²) in [7, 11) is 1.71. The van der Waals surface area contributed by atoms with Gasteiger partial charge in [0.1, 0.15) is 12.4 Å². The first-order valence-corrected chi connectivity index (χ1v) is 9.00. The van der Waals surface area contributed by atoms with Crippen LogP contribution in [0.1, 0.15) is 35.3 Å². The molecule has 1 saturated heterocycles. The van der Waals surface area contributed by atoms with Gasteiger partial charge in [-0.3, -0.25) is 14.6 Å². The maximum atomic E-state index is 12.5. The van der Waals surface area contributed by atoms with E-state index >= 15 is 0 Å². The Hall–Kier alpha value is -2.90. The number of pyridine rings is 1. The number of hydrogen-bond donors (Lipinski definition) is 0. The first kappa shape index (κ1) is 18.9. The molecular weight excluding hydrogens is 348 g/mol. The molecule has 3 heterocycles. The highest BCUT2D eigenvalue weighted by atomic mass is 16.5. The van der Waals surface area contributed by atoms with Crippen molar-refractivity contribution in [3.8, 4) is 5.75 Å². The van der Waals surface area contributed by atoms with Crippen LogP contribution in [0.2, 0.25) is 0 Å². The number of carbonyl (C=O) groups is 2. The molecular formula is C19H24N4O4. The molecule has 2 amide bonds. The van der Waals surface area contributed by atoms with Crippen molar-refractivity contribution in [3.05, 3.63) is 41.5 Å². The highest BCUT2D eigenvalue weighted by Gasteiger charge is 2.30. The predicted octanol–water partition coefficient (Wildman–Crippen LogP) is 1.90. The smallest absolute Gasteiger partial charge is 0.275 e. The van der Waals surface area contributed by atoms with E-state index in [0.29, 0.717) is 37.6 Å². The third-order valence-electron chi connectivity index (χ3n) is 4.60. The molecule has 0 saturated carbocycles. The number of aromatic nitrogens is 2. The van der Waals surface area contributed by atoms with Crippen molar-refractivity contribution in [1.82, 2.24) is 19.9 Å². The van der Waals surface area contributed by atoms with Crippen LogP contribution in [0.15, 0.2) is 28.9 Å². The maximum absolute atomic E-state index is 12.5. The van der Waals surface area contributed by atoms with Crippen molar-refractivity contribution >= 4 is 11.8 Å². The lowest BCUT2D eigenvalue weighted by atomic mass is 10.1. The lowest BCUT2D eigenvalue weighted by molar-refractivity contribution is -0.127. The molecule has 1 aliphatic rings. The maximum Gasteiger partial charge on any atom is 0.275 e. The second kappa shape index (κ2) is 8.20. The molecule has 8 heteroatoms. The van der Waals surface area contributed by atoms with Gasteiger partial charge in [-0.1, -0.05) is 5.16 Å². The van der Waals surface area contributed by atoms with Gasteiger partial charge in [-0.2, -0.15) is 0 Å². The zero-order valence-electron chi connectivity index (χ0n) is 15.8. The van der Waals surface area contributed by atoms with Gasteiger partial charge >= 0.3 is 0 Å². The van der Waals surface area contributed by atoms with E-state index in [4.69, 9.17) is 9.26 Å². The summed E-state index contributed by atoms with van der Waals surface area (Å²) >= 11 is 0. The van der Waals surface area contributed by atoms with Crippen LogP contribution in [0.4, 0.5) is 0 Å². The average Bonchev–Trinajstić information content (AvgIpc) is 3.27. The Labute approximate surface area is 158 Å².